The minimum Gasteiger partial charge on any atom is -0.409 e. The lowest BCUT2D eigenvalue weighted by Crippen LogP contribution is -2.46. The molecule has 3 N–H and O–H groups in total. The van der Waals surface area contributed by atoms with E-state index >= 15 is 0 Å². The summed E-state index contributed by atoms with van der Waals surface area (Å²) in [6, 6.07) is 10.1. The molecule has 1 aromatic carbocycles. The number of nitrogens with two attached hydrogens (primary N) is 1. The maximum atomic E-state index is 12.8. The summed E-state index contributed by atoms with van der Waals surface area (Å²) in [5.74, 6) is 0.0772. The van der Waals surface area contributed by atoms with Crippen LogP contribution in [0.3, 0.4) is 0 Å². The van der Waals surface area contributed by atoms with Crippen LogP contribution in [0, 0.1) is 11.8 Å². The van der Waals surface area contributed by atoms with E-state index < -0.39 is 5.92 Å². The number of hydrogen-bond acceptors (Lipinski definition) is 3. The molecule has 0 radical (unpaired) electrons. The van der Waals surface area contributed by atoms with Gasteiger partial charge in [-0.2, -0.15) is 0 Å². The first-order valence-electron chi connectivity index (χ1n) is 7.51. The minimum absolute atomic E-state index is 0.00125. The fraction of sp³-hybridized carbons (Fsp3) is 0.500. The third-order valence-electron chi connectivity index (χ3n) is 4.75. The summed E-state index contributed by atoms with van der Waals surface area (Å²) in [7, 11) is 0. The van der Waals surface area contributed by atoms with Crippen molar-refractivity contribution < 1.29 is 10.0 Å². The molecule has 3 rings (SSSR count). The van der Waals surface area contributed by atoms with Gasteiger partial charge < -0.3 is 15.8 Å². The lowest BCUT2D eigenvalue weighted by molar-refractivity contribution is -0.135. The van der Waals surface area contributed by atoms with Crippen LogP contribution in [0.1, 0.15) is 24.8 Å². The van der Waals surface area contributed by atoms with Gasteiger partial charge >= 0.3 is 0 Å². The molecule has 112 valence electrons. The summed E-state index contributed by atoms with van der Waals surface area (Å²) in [6.45, 7) is 0.827. The fourth-order valence-electron chi connectivity index (χ4n) is 3.63. The Morgan fingerprint density at radius 1 is 1.38 bits per heavy atom. The van der Waals surface area contributed by atoms with Crippen molar-refractivity contribution in [1.29, 1.82) is 0 Å². The van der Waals surface area contributed by atoms with Crippen molar-refractivity contribution in [1.82, 2.24) is 4.90 Å². The van der Waals surface area contributed by atoms with Crippen molar-refractivity contribution in [3.63, 3.8) is 0 Å². The molecule has 1 amide bonds. The molecule has 2 aliphatic rings. The van der Waals surface area contributed by atoms with Gasteiger partial charge in [-0.1, -0.05) is 35.5 Å². The number of hydrogen-bond donors (Lipinski definition) is 2. The average molecular weight is 287 g/mol. The number of oxime groups is 1. The van der Waals surface area contributed by atoms with Gasteiger partial charge in [-0.3, -0.25) is 4.79 Å². The maximum absolute atomic E-state index is 12.8. The van der Waals surface area contributed by atoms with Gasteiger partial charge in [-0.15, -0.1) is 0 Å². The molecule has 1 heterocycles. The number of fused-ring (bicyclic) bond motifs is 2. The molecule has 1 aromatic rings. The Hall–Kier alpha value is -2.04. The standard InChI is InChI=1S/C16H21N3O2/c17-15(18-21)14(9-11-4-2-1-3-5-11)16(20)19-10-12-6-7-13(19)8-12/h1-5,12-14,21H,6-10H2,(H2,17,18). The quantitative estimate of drug-likeness (QED) is 0.382. The van der Waals surface area contributed by atoms with E-state index in [4.69, 9.17) is 10.9 Å². The van der Waals surface area contributed by atoms with Gasteiger partial charge in [0.25, 0.3) is 0 Å². The van der Waals surface area contributed by atoms with Crippen molar-refractivity contribution in [2.75, 3.05) is 6.54 Å². The molecule has 1 saturated carbocycles. The predicted molar refractivity (Wildman–Crippen MR) is 79.9 cm³/mol. The van der Waals surface area contributed by atoms with Crippen molar-refractivity contribution in [3.05, 3.63) is 35.9 Å². The number of rotatable bonds is 4. The van der Waals surface area contributed by atoms with E-state index in [2.05, 4.69) is 5.16 Å². The van der Waals surface area contributed by atoms with Gasteiger partial charge in [0.05, 0.1) is 0 Å². The van der Waals surface area contributed by atoms with E-state index in [1.807, 2.05) is 35.2 Å². The van der Waals surface area contributed by atoms with Gasteiger partial charge in [0.15, 0.2) is 5.84 Å². The zero-order chi connectivity index (χ0) is 14.8. The van der Waals surface area contributed by atoms with Crippen molar-refractivity contribution in [2.45, 2.75) is 31.7 Å². The number of nitrogens with zero attached hydrogens (tertiary/aromatic N) is 2. The largest absolute Gasteiger partial charge is 0.409 e. The highest BCUT2D eigenvalue weighted by Crippen LogP contribution is 2.38. The summed E-state index contributed by atoms with van der Waals surface area (Å²) in [6.07, 6.45) is 3.90. The van der Waals surface area contributed by atoms with Crippen LogP contribution >= 0.6 is 0 Å². The first kappa shape index (κ1) is 13.9. The monoisotopic (exact) mass is 287 g/mol. The summed E-state index contributed by atoms with van der Waals surface area (Å²) in [5.41, 5.74) is 6.80. The number of carbonyl (C=O) groups is 1. The Bertz CT molecular complexity index is 544. The summed E-state index contributed by atoms with van der Waals surface area (Å²) >= 11 is 0. The second-order valence-corrected chi connectivity index (χ2v) is 6.09. The van der Waals surface area contributed by atoms with Crippen LogP contribution in [-0.4, -0.2) is 34.4 Å². The van der Waals surface area contributed by atoms with Crippen molar-refractivity contribution >= 4 is 11.7 Å². The van der Waals surface area contributed by atoms with Crippen LogP contribution in [-0.2, 0) is 11.2 Å². The number of benzene rings is 1. The third kappa shape index (κ3) is 2.73. The molecule has 21 heavy (non-hydrogen) atoms. The molecule has 1 saturated heterocycles. The fourth-order valence-corrected chi connectivity index (χ4v) is 3.63. The lowest BCUT2D eigenvalue weighted by atomic mass is 9.96. The first-order chi connectivity index (χ1) is 10.2. The number of amidine groups is 1. The molecular formula is C16H21N3O2. The normalized spacial score (nSPS) is 26.1. The van der Waals surface area contributed by atoms with E-state index in [-0.39, 0.29) is 11.7 Å². The summed E-state index contributed by atoms with van der Waals surface area (Å²) in [4.78, 5) is 14.7. The Kier molecular flexibility index (Phi) is 3.82. The highest BCUT2D eigenvalue weighted by Gasteiger charge is 2.42. The highest BCUT2D eigenvalue weighted by atomic mass is 16.4. The van der Waals surface area contributed by atoms with Crippen molar-refractivity contribution in [3.8, 4) is 0 Å². The van der Waals surface area contributed by atoms with Crippen LogP contribution in [0.5, 0.6) is 0 Å². The maximum Gasteiger partial charge on any atom is 0.234 e. The topological polar surface area (TPSA) is 78.9 Å². The van der Waals surface area contributed by atoms with Crippen LogP contribution in [0.15, 0.2) is 35.5 Å². The Balaban J connectivity index is 1.77. The molecule has 3 unspecified atom stereocenters. The molecule has 2 fully saturated rings. The molecule has 0 aromatic heterocycles. The van der Waals surface area contributed by atoms with Crippen LogP contribution in [0.2, 0.25) is 0 Å². The van der Waals surface area contributed by atoms with E-state index in [9.17, 15) is 4.79 Å². The van der Waals surface area contributed by atoms with E-state index in [0.29, 0.717) is 18.4 Å². The smallest absolute Gasteiger partial charge is 0.234 e. The van der Waals surface area contributed by atoms with Crippen molar-refractivity contribution in [2.24, 2.45) is 22.7 Å². The Labute approximate surface area is 124 Å². The molecule has 1 aliphatic carbocycles. The zero-order valence-electron chi connectivity index (χ0n) is 12.0. The van der Waals surface area contributed by atoms with Gasteiger partial charge in [-0.25, -0.2) is 0 Å². The lowest BCUT2D eigenvalue weighted by Gasteiger charge is -2.30. The molecule has 0 spiro atoms. The number of piperidine rings is 1. The van der Waals surface area contributed by atoms with E-state index in [1.54, 1.807) is 0 Å². The minimum atomic E-state index is -0.572. The average Bonchev–Trinajstić information content (AvgIpc) is 3.15. The molecule has 3 atom stereocenters. The zero-order valence-corrected chi connectivity index (χ0v) is 12.0. The van der Waals surface area contributed by atoms with Crippen LogP contribution < -0.4 is 5.73 Å². The van der Waals surface area contributed by atoms with Crippen LogP contribution in [0.4, 0.5) is 0 Å². The number of carbonyl (C=O) groups excluding carboxylic acids is 1. The van der Waals surface area contributed by atoms with Crippen LogP contribution in [0.25, 0.3) is 0 Å². The first-order valence-corrected chi connectivity index (χ1v) is 7.51. The highest BCUT2D eigenvalue weighted by molar-refractivity contribution is 6.02. The van der Waals surface area contributed by atoms with Gasteiger partial charge in [0.1, 0.15) is 5.92 Å². The van der Waals surface area contributed by atoms with E-state index in [1.165, 1.54) is 6.42 Å². The second kappa shape index (κ2) is 5.76. The number of amides is 1. The predicted octanol–water partition coefficient (Wildman–Crippen LogP) is 1.60. The number of likely N-dealkylation sites (tertiary alicyclic amines) is 1. The van der Waals surface area contributed by atoms with Gasteiger partial charge in [0.2, 0.25) is 5.91 Å². The van der Waals surface area contributed by atoms with E-state index in [0.717, 1.165) is 24.9 Å². The molecule has 1 aliphatic heterocycles. The third-order valence-corrected chi connectivity index (χ3v) is 4.75. The SMILES string of the molecule is NC(=NO)C(Cc1ccccc1)C(=O)N1CC2CCC1C2. The molecular weight excluding hydrogens is 266 g/mol. The Morgan fingerprint density at radius 2 is 2.14 bits per heavy atom. The Morgan fingerprint density at radius 3 is 2.71 bits per heavy atom. The molecule has 2 bridgehead atoms. The summed E-state index contributed by atoms with van der Waals surface area (Å²) in [5, 5.41) is 12.1. The van der Waals surface area contributed by atoms with Gasteiger partial charge in [-0.05, 0) is 37.2 Å². The van der Waals surface area contributed by atoms with Gasteiger partial charge in [0, 0.05) is 12.6 Å². The molecule has 5 nitrogen and oxygen atoms in total. The molecule has 5 heteroatoms. The second-order valence-electron chi connectivity index (χ2n) is 6.09. The summed E-state index contributed by atoms with van der Waals surface area (Å²) < 4.78 is 0.